The van der Waals surface area contributed by atoms with Gasteiger partial charge in [0.1, 0.15) is 17.0 Å². The standard InChI is InChI=1S/C55H66FN5O11/c1-10-51(58-45(63)33-13-16-41(67-5)43(23-33)69-7)27-32-28-54(49(64)70-8,44-35(17-21-60(29-32)30-51)36-24-34(56)14-15-39(36)57-44)38-25-37-40(26-42(38)68-6)59(4)47-53(37)19-22-61-20-12-18-52(11-2,46(53)61)48(72-31(3)62)55(47,66)50(65)71-9/h12-16,18,23-26,32,46-48,57,66H,10-11,17,19-22,27-30H2,1-9H3,(H,58,63)/t32-,46+,47-,48-,51+,52-,53-,54+,55+/m1/s1. The molecule has 1 aliphatic carbocycles. The number of H-pyrrole nitrogens is 1. The highest BCUT2D eigenvalue weighted by Gasteiger charge is 2.80. The van der Waals surface area contributed by atoms with Crippen LogP contribution in [0.3, 0.4) is 0 Å². The number of hydrogen-bond donors (Lipinski definition) is 3. The molecule has 1 amide bonds. The van der Waals surface area contributed by atoms with Crippen molar-refractivity contribution in [2.24, 2.45) is 11.3 Å². The molecule has 3 N–H and O–H groups in total. The summed E-state index contributed by atoms with van der Waals surface area (Å²) in [5, 5.41) is 17.6. The minimum atomic E-state index is -2.38. The number of aromatic amines is 1. The lowest BCUT2D eigenvalue weighted by atomic mass is 9.47. The van der Waals surface area contributed by atoms with E-state index in [-0.39, 0.29) is 18.2 Å². The van der Waals surface area contributed by atoms with Gasteiger partial charge in [-0.1, -0.05) is 26.0 Å². The average molecular weight is 992 g/mol. The fourth-order valence-corrected chi connectivity index (χ4v) is 15.0. The third-order valence-electron chi connectivity index (χ3n) is 17.7. The third kappa shape index (κ3) is 6.85. The molecule has 6 aliphatic rings. The van der Waals surface area contributed by atoms with Crippen molar-refractivity contribution < 1.29 is 57.1 Å². The Morgan fingerprint density at radius 1 is 0.861 bits per heavy atom. The second-order valence-corrected chi connectivity index (χ2v) is 20.9. The number of aromatic nitrogens is 1. The summed E-state index contributed by atoms with van der Waals surface area (Å²) in [5.41, 5.74) is -2.52. The van der Waals surface area contributed by atoms with Crippen LogP contribution in [0.1, 0.15) is 85.6 Å². The van der Waals surface area contributed by atoms with Gasteiger partial charge in [-0.2, -0.15) is 0 Å². The first kappa shape index (κ1) is 49.4. The van der Waals surface area contributed by atoms with E-state index in [1.807, 2.05) is 43.2 Å². The molecule has 1 saturated carbocycles. The summed E-state index contributed by atoms with van der Waals surface area (Å²) in [4.78, 5) is 68.1. The smallest absolute Gasteiger partial charge is 0.344 e. The number of esters is 3. The first-order chi connectivity index (χ1) is 34.5. The van der Waals surface area contributed by atoms with Crippen molar-refractivity contribution in [1.82, 2.24) is 20.1 Å². The zero-order valence-electron chi connectivity index (χ0n) is 42.6. The number of carbonyl (C=O) groups excluding carboxylic acids is 4. The number of anilines is 1. The molecule has 17 heteroatoms. The molecule has 1 aromatic heterocycles. The van der Waals surface area contributed by atoms with E-state index in [0.717, 1.165) is 11.1 Å². The van der Waals surface area contributed by atoms with Crippen molar-refractivity contribution in [3.63, 3.8) is 0 Å². The minimum absolute atomic E-state index is 0.186. The van der Waals surface area contributed by atoms with Gasteiger partial charge in [0.25, 0.3) is 5.91 Å². The molecule has 2 bridgehead atoms. The van der Waals surface area contributed by atoms with Gasteiger partial charge in [-0.3, -0.25) is 19.3 Å². The first-order valence-electron chi connectivity index (χ1n) is 25.0. The second-order valence-electron chi connectivity index (χ2n) is 20.9. The SMILES string of the molecule is CC[C@]1(NC(=O)c2ccc(OC)c(OC)c2)C[C@H]2CN(CCc3c([nH]c4ccc(F)cc34)[C@@](C(=O)OC)(c3cc4c(cc3OC)N(C)[C@H]3[C@@](O)(C(=O)OC)[C@H](OC(C)=O)[C@]5(CC)C=CCN6CC[C@]43[C@@H]65)C2)C1. The van der Waals surface area contributed by atoms with Crippen molar-refractivity contribution in [3.05, 3.63) is 94.4 Å². The van der Waals surface area contributed by atoms with Crippen molar-refractivity contribution in [2.45, 2.75) is 99.5 Å². The molecule has 16 nitrogen and oxygen atoms in total. The number of aliphatic hydroxyl groups is 1. The minimum Gasteiger partial charge on any atom is -0.496 e. The van der Waals surface area contributed by atoms with Crippen LogP contribution >= 0.6 is 0 Å². The van der Waals surface area contributed by atoms with Crippen LogP contribution in [0, 0.1) is 17.2 Å². The highest BCUT2D eigenvalue weighted by molar-refractivity contribution is 5.96. The highest BCUT2D eigenvalue weighted by Crippen LogP contribution is 2.68. The number of ether oxygens (including phenoxy) is 6. The van der Waals surface area contributed by atoms with Crippen LogP contribution < -0.4 is 24.4 Å². The highest BCUT2D eigenvalue weighted by atomic mass is 19.1. The molecule has 1 unspecified atom stereocenters. The fraction of sp³-hybridized carbons (Fsp3) is 0.527. The number of benzene rings is 3. The summed E-state index contributed by atoms with van der Waals surface area (Å²) in [6.07, 6.45) is 5.29. The van der Waals surface area contributed by atoms with Crippen LogP contribution in [0.2, 0.25) is 0 Å². The Hall–Kier alpha value is -6.17. The van der Waals surface area contributed by atoms with E-state index in [1.165, 1.54) is 40.4 Å². The molecule has 3 fully saturated rings. The van der Waals surface area contributed by atoms with Crippen molar-refractivity contribution in [3.8, 4) is 17.2 Å². The summed E-state index contributed by atoms with van der Waals surface area (Å²) >= 11 is 0. The van der Waals surface area contributed by atoms with Crippen LogP contribution in [0.25, 0.3) is 10.9 Å². The number of hydrogen-bond acceptors (Lipinski definition) is 14. The number of piperidine rings is 1. The lowest BCUT2D eigenvalue weighted by molar-refractivity contribution is -0.228. The van der Waals surface area contributed by atoms with E-state index in [4.69, 9.17) is 28.4 Å². The molecule has 3 aromatic carbocycles. The third-order valence-corrected chi connectivity index (χ3v) is 17.7. The zero-order chi connectivity index (χ0) is 51.3. The summed E-state index contributed by atoms with van der Waals surface area (Å²) in [5.74, 6) is -1.80. The maximum absolute atomic E-state index is 15.8. The number of likely N-dealkylation sites (N-methyl/N-ethyl adjacent to an activating group) is 1. The Morgan fingerprint density at radius 2 is 1.61 bits per heavy atom. The molecule has 72 heavy (non-hydrogen) atoms. The molecule has 10 rings (SSSR count). The molecule has 1 spiro atoms. The lowest BCUT2D eigenvalue weighted by Gasteiger charge is -2.63. The number of rotatable bonds is 11. The number of fused-ring (bicyclic) bond motifs is 6. The van der Waals surface area contributed by atoms with Gasteiger partial charge in [-0.05, 0) is 105 Å². The van der Waals surface area contributed by atoms with Gasteiger partial charge in [0.05, 0.1) is 47.1 Å². The Bertz CT molecular complexity index is 2910. The van der Waals surface area contributed by atoms with E-state index in [1.54, 1.807) is 38.5 Å². The molecular weight excluding hydrogens is 926 g/mol. The molecular formula is C55H66FN5O11. The van der Waals surface area contributed by atoms with Crippen LogP contribution in [0.4, 0.5) is 10.1 Å². The van der Waals surface area contributed by atoms with E-state index < -0.39 is 69.3 Å². The van der Waals surface area contributed by atoms with E-state index in [9.17, 15) is 19.5 Å². The number of halogens is 1. The number of nitrogens with zero attached hydrogens (tertiary/aromatic N) is 3. The number of carbonyl (C=O) groups is 4. The topological polar surface area (TPSA) is 181 Å². The molecule has 6 heterocycles. The van der Waals surface area contributed by atoms with Gasteiger partial charge in [-0.25, -0.2) is 9.18 Å². The largest absolute Gasteiger partial charge is 0.496 e. The summed E-state index contributed by atoms with van der Waals surface area (Å²) in [6, 6.07) is 12.2. The summed E-state index contributed by atoms with van der Waals surface area (Å²) in [7, 11) is 9.05. The Balaban J connectivity index is 1.20. The zero-order valence-corrected chi connectivity index (χ0v) is 42.6. The Labute approximate surface area is 419 Å². The van der Waals surface area contributed by atoms with Crippen LogP contribution in [0.5, 0.6) is 17.2 Å². The molecule has 10 atom stereocenters. The predicted octanol–water partition coefficient (Wildman–Crippen LogP) is 5.58. The van der Waals surface area contributed by atoms with Crippen LogP contribution in [0.15, 0.2) is 60.7 Å². The monoisotopic (exact) mass is 991 g/mol. The number of nitrogens with one attached hydrogen (secondary N) is 2. The van der Waals surface area contributed by atoms with E-state index in [2.05, 4.69) is 27.0 Å². The van der Waals surface area contributed by atoms with Gasteiger partial charge >= 0.3 is 17.9 Å². The average Bonchev–Trinajstić information content (AvgIpc) is 4.04. The van der Waals surface area contributed by atoms with Gasteiger partial charge in [0.15, 0.2) is 17.6 Å². The number of amides is 1. The van der Waals surface area contributed by atoms with Crippen molar-refractivity contribution >= 4 is 40.4 Å². The second kappa shape index (κ2) is 17.8. The summed E-state index contributed by atoms with van der Waals surface area (Å²) < 4.78 is 50.7. The van der Waals surface area contributed by atoms with Crippen LogP contribution in [-0.2, 0) is 45.8 Å². The molecule has 2 saturated heterocycles. The van der Waals surface area contributed by atoms with Crippen molar-refractivity contribution in [2.75, 3.05) is 80.2 Å². The molecule has 384 valence electrons. The summed E-state index contributed by atoms with van der Waals surface area (Å²) in [6.45, 7) is 8.15. The van der Waals surface area contributed by atoms with Crippen molar-refractivity contribution in [1.29, 1.82) is 0 Å². The molecule has 5 aliphatic heterocycles. The predicted molar refractivity (Wildman–Crippen MR) is 265 cm³/mol. The van der Waals surface area contributed by atoms with Gasteiger partial charge in [0.2, 0.25) is 5.60 Å². The number of methoxy groups -OCH3 is 5. The van der Waals surface area contributed by atoms with Crippen LogP contribution in [-0.4, -0.2) is 148 Å². The maximum atomic E-state index is 15.8. The fourth-order valence-electron chi connectivity index (χ4n) is 15.0. The van der Waals surface area contributed by atoms with E-state index in [0.29, 0.717) is 115 Å². The van der Waals surface area contributed by atoms with E-state index >= 15 is 9.18 Å². The quantitative estimate of drug-likeness (QED) is 0.0962. The van der Waals surface area contributed by atoms with Gasteiger partial charge in [-0.15, -0.1) is 0 Å². The molecule has 4 aromatic rings. The Morgan fingerprint density at radius 3 is 2.29 bits per heavy atom. The van der Waals surface area contributed by atoms with Gasteiger partial charge in [0, 0.05) is 96.5 Å². The first-order valence-corrected chi connectivity index (χ1v) is 25.0. The maximum Gasteiger partial charge on any atom is 0.344 e. The Kier molecular flexibility index (Phi) is 12.2. The van der Waals surface area contributed by atoms with Gasteiger partial charge < -0.3 is 53.6 Å². The lowest BCUT2D eigenvalue weighted by Crippen LogP contribution is -2.81. The molecule has 0 radical (unpaired) electrons. The normalized spacial score (nSPS) is 32.2.